The Morgan fingerprint density at radius 3 is 2.36 bits per heavy atom. The second kappa shape index (κ2) is 10.9. The number of amides is 1. The van der Waals surface area contributed by atoms with Crippen molar-refractivity contribution >= 4 is 36.0 Å². The highest BCUT2D eigenvalue weighted by molar-refractivity contribution is 14.0. The summed E-state index contributed by atoms with van der Waals surface area (Å²) in [6, 6.07) is 0.357. The monoisotopic (exact) mass is 428 g/mol. The highest BCUT2D eigenvalue weighted by Crippen LogP contribution is 2.11. The second-order valence-electron chi connectivity index (χ2n) is 6.45. The molecule has 0 saturated carbocycles. The molecule has 0 bridgehead atoms. The van der Waals surface area contributed by atoms with Gasteiger partial charge < -0.3 is 20.7 Å². The minimum absolute atomic E-state index is 0. The summed E-state index contributed by atoms with van der Waals surface area (Å²) in [5, 5.41) is 3.11. The smallest absolute Gasteiger partial charge is 0.410 e. The lowest BCUT2D eigenvalue weighted by Crippen LogP contribution is -2.40. The molecule has 2 unspecified atom stereocenters. The fourth-order valence-electron chi connectivity index (χ4n) is 1.48. The number of nitrogens with zero attached hydrogens (tertiary/aromatic N) is 2. The molecule has 22 heavy (non-hydrogen) atoms. The van der Waals surface area contributed by atoms with Gasteiger partial charge in [-0.25, -0.2) is 4.79 Å². The number of hydrogen-bond acceptors (Lipinski definition) is 3. The van der Waals surface area contributed by atoms with Crippen LogP contribution in [0.2, 0.25) is 0 Å². The molecule has 2 atom stereocenters. The number of rotatable bonds is 6. The SMILES string of the molecule is CCC(C)NC(N)=NCCC(C)N(C)C(=O)OC(C)(C)C.I. The van der Waals surface area contributed by atoms with Crippen LogP contribution < -0.4 is 11.1 Å². The van der Waals surface area contributed by atoms with E-state index in [1.54, 1.807) is 11.9 Å². The first-order valence-electron chi connectivity index (χ1n) is 7.59. The van der Waals surface area contributed by atoms with Crippen molar-refractivity contribution in [2.45, 2.75) is 72.1 Å². The highest BCUT2D eigenvalue weighted by Gasteiger charge is 2.22. The summed E-state index contributed by atoms with van der Waals surface area (Å²) in [6.45, 7) is 12.3. The highest BCUT2D eigenvalue weighted by atomic mass is 127. The quantitative estimate of drug-likeness (QED) is 0.387. The third-order valence-electron chi connectivity index (χ3n) is 3.18. The molecule has 132 valence electrons. The molecule has 0 aliphatic carbocycles. The van der Waals surface area contributed by atoms with Crippen molar-refractivity contribution in [3.63, 3.8) is 0 Å². The fourth-order valence-corrected chi connectivity index (χ4v) is 1.48. The Balaban J connectivity index is 0. The number of ether oxygens (including phenoxy) is 1. The van der Waals surface area contributed by atoms with Gasteiger partial charge in [0, 0.05) is 25.7 Å². The number of halogens is 1. The van der Waals surface area contributed by atoms with Gasteiger partial charge in [0.2, 0.25) is 0 Å². The average molecular weight is 428 g/mol. The zero-order valence-corrected chi connectivity index (χ0v) is 17.3. The molecule has 0 saturated heterocycles. The normalized spacial score (nSPS) is 14.6. The third kappa shape index (κ3) is 10.9. The van der Waals surface area contributed by atoms with Gasteiger partial charge in [0.15, 0.2) is 5.96 Å². The van der Waals surface area contributed by atoms with Gasteiger partial charge in [-0.2, -0.15) is 0 Å². The average Bonchev–Trinajstić information content (AvgIpc) is 2.35. The van der Waals surface area contributed by atoms with E-state index in [0.717, 1.165) is 12.8 Å². The van der Waals surface area contributed by atoms with Gasteiger partial charge in [-0.15, -0.1) is 24.0 Å². The van der Waals surface area contributed by atoms with E-state index in [2.05, 4.69) is 24.2 Å². The molecule has 6 nitrogen and oxygen atoms in total. The van der Waals surface area contributed by atoms with Gasteiger partial charge in [-0.05, 0) is 47.5 Å². The van der Waals surface area contributed by atoms with Crippen LogP contribution in [0, 0.1) is 0 Å². The van der Waals surface area contributed by atoms with E-state index in [9.17, 15) is 4.79 Å². The zero-order valence-electron chi connectivity index (χ0n) is 15.0. The van der Waals surface area contributed by atoms with Crippen molar-refractivity contribution in [2.75, 3.05) is 13.6 Å². The van der Waals surface area contributed by atoms with Crippen LogP contribution in [0.25, 0.3) is 0 Å². The predicted octanol–water partition coefficient (Wildman–Crippen LogP) is 2.95. The zero-order chi connectivity index (χ0) is 16.6. The van der Waals surface area contributed by atoms with Gasteiger partial charge in [-0.1, -0.05) is 6.92 Å². The molecule has 0 aliphatic heterocycles. The molecule has 0 aromatic carbocycles. The van der Waals surface area contributed by atoms with Crippen LogP contribution in [0.1, 0.15) is 54.4 Å². The third-order valence-corrected chi connectivity index (χ3v) is 3.18. The molecule has 0 heterocycles. The van der Waals surface area contributed by atoms with Gasteiger partial charge in [0.25, 0.3) is 0 Å². The Kier molecular flexibility index (Phi) is 11.7. The maximum Gasteiger partial charge on any atom is 0.410 e. The van der Waals surface area contributed by atoms with Crippen LogP contribution >= 0.6 is 24.0 Å². The first-order valence-corrected chi connectivity index (χ1v) is 7.59. The van der Waals surface area contributed by atoms with Crippen molar-refractivity contribution in [3.8, 4) is 0 Å². The molecule has 0 spiro atoms. The summed E-state index contributed by atoms with van der Waals surface area (Å²) in [7, 11) is 1.74. The Bertz CT molecular complexity index is 356. The van der Waals surface area contributed by atoms with E-state index in [0.29, 0.717) is 18.5 Å². The summed E-state index contributed by atoms with van der Waals surface area (Å²) in [4.78, 5) is 17.8. The summed E-state index contributed by atoms with van der Waals surface area (Å²) in [5.74, 6) is 0.455. The molecule has 7 heteroatoms. The molecule has 0 rings (SSSR count). The first-order chi connectivity index (χ1) is 9.56. The van der Waals surface area contributed by atoms with Gasteiger partial charge in [0.05, 0.1) is 0 Å². The van der Waals surface area contributed by atoms with Crippen molar-refractivity contribution < 1.29 is 9.53 Å². The molecule has 3 N–H and O–H groups in total. The minimum Gasteiger partial charge on any atom is -0.444 e. The molecule has 0 radical (unpaired) electrons. The molecule has 1 amide bonds. The van der Waals surface area contributed by atoms with E-state index in [-0.39, 0.29) is 36.1 Å². The van der Waals surface area contributed by atoms with Gasteiger partial charge in [-0.3, -0.25) is 4.99 Å². The Hall–Kier alpha value is -0.730. The predicted molar refractivity (Wildman–Crippen MR) is 103 cm³/mol. The lowest BCUT2D eigenvalue weighted by Gasteiger charge is -2.28. The molecular weight excluding hydrogens is 395 g/mol. The maximum absolute atomic E-state index is 11.9. The summed E-state index contributed by atoms with van der Waals surface area (Å²) in [5.41, 5.74) is 5.31. The number of aliphatic imine (C=N–C) groups is 1. The van der Waals surface area contributed by atoms with Gasteiger partial charge >= 0.3 is 6.09 Å². The van der Waals surface area contributed by atoms with E-state index in [1.807, 2.05) is 27.7 Å². The van der Waals surface area contributed by atoms with E-state index in [1.165, 1.54) is 0 Å². The molecule has 0 fully saturated rings. The Morgan fingerprint density at radius 2 is 1.91 bits per heavy atom. The van der Waals surface area contributed by atoms with E-state index >= 15 is 0 Å². The summed E-state index contributed by atoms with van der Waals surface area (Å²) >= 11 is 0. The number of hydrogen-bond donors (Lipinski definition) is 2. The Labute approximate surface area is 152 Å². The van der Waals surface area contributed by atoms with Gasteiger partial charge in [0.1, 0.15) is 5.60 Å². The number of nitrogens with one attached hydrogen (secondary N) is 1. The molecular formula is C15H33IN4O2. The molecule has 0 aromatic heterocycles. The Morgan fingerprint density at radius 1 is 1.36 bits per heavy atom. The number of guanidine groups is 1. The van der Waals surface area contributed by atoms with Crippen LogP contribution in [0.5, 0.6) is 0 Å². The van der Waals surface area contributed by atoms with Crippen LogP contribution in [-0.2, 0) is 4.74 Å². The number of carbonyl (C=O) groups excluding carboxylic acids is 1. The minimum atomic E-state index is -0.478. The lowest BCUT2D eigenvalue weighted by atomic mass is 10.2. The first kappa shape index (κ1) is 23.5. The number of nitrogens with two attached hydrogens (primary N) is 1. The largest absolute Gasteiger partial charge is 0.444 e. The summed E-state index contributed by atoms with van der Waals surface area (Å²) in [6.07, 6.45) is 1.41. The van der Waals surface area contributed by atoms with Crippen LogP contribution in [0.15, 0.2) is 4.99 Å². The van der Waals surface area contributed by atoms with Crippen molar-refractivity contribution in [1.29, 1.82) is 0 Å². The summed E-state index contributed by atoms with van der Waals surface area (Å²) < 4.78 is 5.33. The van der Waals surface area contributed by atoms with Crippen LogP contribution in [0.4, 0.5) is 4.79 Å². The fraction of sp³-hybridized carbons (Fsp3) is 0.867. The standard InChI is InChI=1S/C15H32N4O2.HI/c1-8-11(2)18-13(16)17-10-9-12(3)19(7)14(20)21-15(4,5)6;/h11-12H,8-10H2,1-7H3,(H3,16,17,18);1H. The van der Waals surface area contributed by atoms with Crippen molar-refractivity contribution in [3.05, 3.63) is 0 Å². The topological polar surface area (TPSA) is 80.0 Å². The van der Waals surface area contributed by atoms with E-state index < -0.39 is 5.60 Å². The second-order valence-corrected chi connectivity index (χ2v) is 6.45. The van der Waals surface area contributed by atoms with E-state index in [4.69, 9.17) is 10.5 Å². The van der Waals surface area contributed by atoms with Crippen molar-refractivity contribution in [2.24, 2.45) is 10.7 Å². The maximum atomic E-state index is 11.9. The number of carbonyl (C=O) groups is 1. The molecule has 0 aromatic rings. The lowest BCUT2D eigenvalue weighted by molar-refractivity contribution is 0.0231. The van der Waals surface area contributed by atoms with Crippen LogP contribution in [0.3, 0.4) is 0 Å². The molecule has 0 aliphatic rings. The van der Waals surface area contributed by atoms with Crippen LogP contribution in [-0.4, -0.2) is 48.2 Å². The van der Waals surface area contributed by atoms with Crippen molar-refractivity contribution in [1.82, 2.24) is 10.2 Å².